The topological polar surface area (TPSA) is 52.3 Å². The third-order valence-corrected chi connectivity index (χ3v) is 4.89. The van der Waals surface area contributed by atoms with Gasteiger partial charge in [0.15, 0.2) is 5.82 Å². The minimum Gasteiger partial charge on any atom is -0.497 e. The van der Waals surface area contributed by atoms with E-state index in [-0.39, 0.29) is 0 Å². The van der Waals surface area contributed by atoms with Gasteiger partial charge in [-0.15, -0.1) is 10.2 Å². The van der Waals surface area contributed by atoms with E-state index in [0.717, 1.165) is 27.2 Å². The Kier molecular flexibility index (Phi) is 4.35. The van der Waals surface area contributed by atoms with Gasteiger partial charge in [-0.1, -0.05) is 42.5 Å². The molecule has 3 aromatic rings. The molecule has 2 heterocycles. The Labute approximate surface area is 150 Å². The maximum Gasteiger partial charge on any atom is 0.216 e. The molecule has 0 atom stereocenters. The molecule has 0 bridgehead atoms. The van der Waals surface area contributed by atoms with Crippen molar-refractivity contribution in [2.45, 2.75) is 11.6 Å². The van der Waals surface area contributed by atoms with Crippen LogP contribution in [0.1, 0.15) is 17.0 Å². The maximum atomic E-state index is 5.22. The first-order valence-electron chi connectivity index (χ1n) is 7.88. The van der Waals surface area contributed by atoms with E-state index in [1.807, 2.05) is 53.2 Å². The molecule has 2 aromatic carbocycles. The molecule has 0 fully saturated rings. The zero-order valence-electron chi connectivity index (χ0n) is 13.7. The predicted octanol–water partition coefficient (Wildman–Crippen LogP) is 3.86. The summed E-state index contributed by atoms with van der Waals surface area (Å²) in [7, 11) is 1.66. The van der Waals surface area contributed by atoms with Gasteiger partial charge in [0.1, 0.15) is 5.75 Å². The smallest absolute Gasteiger partial charge is 0.216 e. The van der Waals surface area contributed by atoms with Gasteiger partial charge in [-0.2, -0.15) is 9.78 Å². The van der Waals surface area contributed by atoms with Gasteiger partial charge in [-0.3, -0.25) is 0 Å². The lowest BCUT2D eigenvalue weighted by molar-refractivity contribution is 0.415. The number of hydrogen-bond donors (Lipinski definition) is 0. The average molecular weight is 348 g/mol. The first-order valence-corrected chi connectivity index (χ1v) is 8.70. The fraction of sp³-hybridized carbons (Fsp3) is 0.105. The molecule has 6 heteroatoms. The Balaban J connectivity index is 1.59. The molecule has 0 radical (unpaired) electrons. The highest BCUT2D eigenvalue weighted by atomic mass is 32.2. The molecular weight excluding hydrogens is 332 g/mol. The molecule has 25 heavy (non-hydrogen) atoms. The predicted molar refractivity (Wildman–Crippen MR) is 100.0 cm³/mol. The van der Waals surface area contributed by atoms with Crippen molar-refractivity contribution in [2.75, 3.05) is 7.11 Å². The lowest BCUT2D eigenvalue weighted by Crippen LogP contribution is -2.00. The molecule has 0 aliphatic carbocycles. The van der Waals surface area contributed by atoms with Crippen LogP contribution >= 0.6 is 11.8 Å². The molecule has 124 valence electrons. The van der Waals surface area contributed by atoms with Crippen molar-refractivity contribution in [1.82, 2.24) is 14.9 Å². The van der Waals surface area contributed by atoms with Gasteiger partial charge in [-0.25, -0.2) is 0 Å². The van der Waals surface area contributed by atoms with E-state index in [0.29, 0.717) is 6.42 Å². The number of rotatable bonds is 4. The van der Waals surface area contributed by atoms with Crippen molar-refractivity contribution >= 4 is 22.9 Å². The van der Waals surface area contributed by atoms with Crippen LogP contribution in [0.5, 0.6) is 5.75 Å². The van der Waals surface area contributed by atoms with Crippen LogP contribution in [-0.4, -0.2) is 28.2 Å². The summed E-state index contributed by atoms with van der Waals surface area (Å²) in [5.41, 5.74) is 2.28. The maximum absolute atomic E-state index is 5.22. The largest absolute Gasteiger partial charge is 0.497 e. The van der Waals surface area contributed by atoms with Crippen LogP contribution in [0.15, 0.2) is 70.9 Å². The highest BCUT2D eigenvalue weighted by Gasteiger charge is 2.17. The Morgan fingerprint density at radius 1 is 1.00 bits per heavy atom. The molecule has 0 N–H and O–H groups in total. The first-order chi connectivity index (χ1) is 12.3. The Morgan fingerprint density at radius 2 is 1.80 bits per heavy atom. The van der Waals surface area contributed by atoms with Crippen LogP contribution in [0.25, 0.3) is 4.91 Å². The van der Waals surface area contributed by atoms with Gasteiger partial charge >= 0.3 is 0 Å². The molecule has 0 amide bonds. The van der Waals surface area contributed by atoms with Crippen molar-refractivity contribution < 1.29 is 4.74 Å². The van der Waals surface area contributed by atoms with Crippen molar-refractivity contribution in [3.8, 4) is 5.75 Å². The van der Waals surface area contributed by atoms with Gasteiger partial charge in [0, 0.05) is 17.5 Å². The van der Waals surface area contributed by atoms with E-state index < -0.39 is 0 Å². The molecule has 0 spiro atoms. The lowest BCUT2D eigenvalue weighted by Gasteiger charge is -2.06. The third-order valence-electron chi connectivity index (χ3n) is 3.87. The summed E-state index contributed by atoms with van der Waals surface area (Å²) in [5, 5.41) is 13.9. The molecule has 0 saturated heterocycles. The number of ether oxygens (including phenoxy) is 1. The van der Waals surface area contributed by atoms with Crippen LogP contribution in [0.2, 0.25) is 0 Å². The number of aromatic nitrogens is 3. The second-order valence-corrected chi connectivity index (χ2v) is 6.51. The van der Waals surface area contributed by atoms with Crippen LogP contribution < -0.4 is 4.74 Å². The summed E-state index contributed by atoms with van der Waals surface area (Å²) in [6.07, 6.45) is 4.48. The fourth-order valence-electron chi connectivity index (χ4n) is 2.57. The number of thioether (sulfide) groups is 1. The zero-order chi connectivity index (χ0) is 17.1. The summed E-state index contributed by atoms with van der Waals surface area (Å²) < 4.78 is 7.03. The van der Waals surface area contributed by atoms with E-state index in [1.54, 1.807) is 25.1 Å². The summed E-state index contributed by atoms with van der Waals surface area (Å²) in [6.45, 7) is 0. The molecule has 1 aliphatic heterocycles. The van der Waals surface area contributed by atoms with Crippen LogP contribution in [-0.2, 0) is 6.42 Å². The highest BCUT2D eigenvalue weighted by Crippen LogP contribution is 2.35. The van der Waals surface area contributed by atoms with Crippen molar-refractivity contribution in [3.63, 3.8) is 0 Å². The Bertz CT molecular complexity index is 930. The quantitative estimate of drug-likeness (QED) is 0.718. The number of hydrogen-bond acceptors (Lipinski definition) is 5. The fourth-order valence-corrected chi connectivity index (χ4v) is 3.47. The third kappa shape index (κ3) is 3.34. The summed E-state index contributed by atoms with van der Waals surface area (Å²) in [5.74, 6) is 1.67. The van der Waals surface area contributed by atoms with Gasteiger partial charge in [0.05, 0.1) is 7.11 Å². The number of allylic oxidation sites excluding steroid dienone is 1. The lowest BCUT2D eigenvalue weighted by atomic mass is 10.1. The van der Waals surface area contributed by atoms with Gasteiger partial charge in [0.25, 0.3) is 0 Å². The standard InChI is InChI=1S/C19H16N4OS/c1-24-16-9-7-15(8-10-16)17-11-12-20-23-18(21-22-19(23)25-17)13-14-5-3-2-4-6-14/h2-12H,13H2,1H3. The second kappa shape index (κ2) is 6.94. The first kappa shape index (κ1) is 15.7. The monoisotopic (exact) mass is 348 g/mol. The SMILES string of the molecule is COc1ccc(C2=CC=Nn3c(Cc4ccccc4)nnc3S2)cc1. The van der Waals surface area contributed by atoms with E-state index in [2.05, 4.69) is 27.4 Å². The average Bonchev–Trinajstić information content (AvgIpc) is 2.90. The van der Waals surface area contributed by atoms with E-state index >= 15 is 0 Å². The zero-order valence-corrected chi connectivity index (χ0v) is 14.5. The Morgan fingerprint density at radius 3 is 2.56 bits per heavy atom. The summed E-state index contributed by atoms with van der Waals surface area (Å²) in [4.78, 5) is 1.07. The minimum absolute atomic E-state index is 0.698. The Hall–Kier alpha value is -2.86. The van der Waals surface area contributed by atoms with E-state index in [1.165, 1.54) is 5.56 Å². The van der Waals surface area contributed by atoms with Crippen molar-refractivity contribution in [3.05, 3.63) is 77.6 Å². The van der Waals surface area contributed by atoms with Crippen LogP contribution in [0.3, 0.4) is 0 Å². The molecule has 1 aromatic heterocycles. The molecule has 0 saturated carbocycles. The minimum atomic E-state index is 0.698. The van der Waals surface area contributed by atoms with Crippen LogP contribution in [0.4, 0.5) is 0 Å². The number of benzene rings is 2. The normalized spacial score (nSPS) is 13.1. The molecule has 5 nitrogen and oxygen atoms in total. The van der Waals surface area contributed by atoms with Gasteiger partial charge in [-0.05, 0) is 41.1 Å². The van der Waals surface area contributed by atoms with E-state index in [4.69, 9.17) is 4.74 Å². The second-order valence-electron chi connectivity index (χ2n) is 5.50. The van der Waals surface area contributed by atoms with Gasteiger partial charge < -0.3 is 4.74 Å². The number of nitrogens with zero attached hydrogens (tertiary/aromatic N) is 4. The van der Waals surface area contributed by atoms with Crippen molar-refractivity contribution in [2.24, 2.45) is 5.10 Å². The highest BCUT2D eigenvalue weighted by molar-refractivity contribution is 8.08. The van der Waals surface area contributed by atoms with E-state index in [9.17, 15) is 0 Å². The molecular formula is C19H16N4OS. The number of methoxy groups -OCH3 is 1. The van der Waals surface area contributed by atoms with Crippen LogP contribution in [0, 0.1) is 0 Å². The summed E-state index contributed by atoms with van der Waals surface area (Å²) in [6, 6.07) is 18.2. The summed E-state index contributed by atoms with van der Waals surface area (Å²) >= 11 is 1.56. The molecule has 1 aliphatic rings. The van der Waals surface area contributed by atoms with Crippen molar-refractivity contribution in [1.29, 1.82) is 0 Å². The van der Waals surface area contributed by atoms with Gasteiger partial charge in [0.2, 0.25) is 5.16 Å². The number of fused-ring (bicyclic) bond motifs is 1. The molecule has 4 rings (SSSR count). The molecule has 0 unspecified atom stereocenters.